The third-order valence-electron chi connectivity index (χ3n) is 2.92. The Morgan fingerprint density at radius 3 is 2.63 bits per heavy atom. The summed E-state index contributed by atoms with van der Waals surface area (Å²) in [5.41, 5.74) is 6.18. The summed E-state index contributed by atoms with van der Waals surface area (Å²) >= 11 is 0. The lowest BCUT2D eigenvalue weighted by Gasteiger charge is -2.10. The van der Waals surface area contributed by atoms with Crippen LogP contribution >= 0.6 is 0 Å². The molecule has 0 saturated carbocycles. The molecular formula is C15H23NO3. The van der Waals surface area contributed by atoms with Crippen molar-refractivity contribution < 1.29 is 14.6 Å². The Balaban J connectivity index is 1.98. The number of carbonyl (C=O) groups excluding carboxylic acids is 1. The van der Waals surface area contributed by atoms with Gasteiger partial charge in [-0.2, -0.15) is 0 Å². The van der Waals surface area contributed by atoms with Crippen LogP contribution in [0.25, 0.3) is 0 Å². The van der Waals surface area contributed by atoms with E-state index < -0.39 is 0 Å². The minimum Gasteiger partial charge on any atom is -0.393 e. The topological polar surface area (TPSA) is 72.6 Å². The zero-order chi connectivity index (χ0) is 13.9. The molecule has 0 heterocycles. The Morgan fingerprint density at radius 2 is 1.95 bits per heavy atom. The fourth-order valence-electron chi connectivity index (χ4n) is 1.81. The van der Waals surface area contributed by atoms with Crippen molar-refractivity contribution >= 4 is 5.91 Å². The van der Waals surface area contributed by atoms with Gasteiger partial charge in [0.15, 0.2) is 0 Å². The maximum Gasteiger partial charge on any atom is 0.217 e. The van der Waals surface area contributed by atoms with Crippen LogP contribution in [0, 0.1) is 0 Å². The summed E-state index contributed by atoms with van der Waals surface area (Å²) in [6.07, 6.45) is 2.94. The van der Waals surface area contributed by atoms with Crippen LogP contribution in [0.1, 0.15) is 37.7 Å². The van der Waals surface area contributed by atoms with Crippen molar-refractivity contribution in [1.29, 1.82) is 0 Å². The highest BCUT2D eigenvalue weighted by Gasteiger charge is 2.04. The molecule has 0 aromatic heterocycles. The van der Waals surface area contributed by atoms with Crippen molar-refractivity contribution in [2.24, 2.45) is 5.73 Å². The van der Waals surface area contributed by atoms with Gasteiger partial charge in [-0.3, -0.25) is 4.79 Å². The number of carbonyl (C=O) groups is 1. The van der Waals surface area contributed by atoms with E-state index in [4.69, 9.17) is 10.5 Å². The van der Waals surface area contributed by atoms with Crippen LogP contribution in [0.15, 0.2) is 30.3 Å². The normalized spacial score (nSPS) is 12.3. The second kappa shape index (κ2) is 9.53. The number of ether oxygens (including phenoxy) is 1. The Kier molecular flexibility index (Phi) is 7.86. The van der Waals surface area contributed by atoms with Gasteiger partial charge in [-0.05, 0) is 24.8 Å². The highest BCUT2D eigenvalue weighted by atomic mass is 16.5. The lowest BCUT2D eigenvalue weighted by atomic mass is 10.1. The number of hydrogen-bond donors (Lipinski definition) is 2. The maximum atomic E-state index is 10.5. The molecule has 1 amide bonds. The summed E-state index contributed by atoms with van der Waals surface area (Å²) < 4.78 is 5.50. The first-order valence-corrected chi connectivity index (χ1v) is 6.76. The standard InChI is InChI=1S/C15H23NO3/c16-15(18)9-5-4-8-14(17)10-11-19-12-13-6-2-1-3-7-13/h1-3,6-7,14,17H,4-5,8-12H2,(H2,16,18)/t14-/m1/s1. The molecule has 0 bridgehead atoms. The molecule has 3 N–H and O–H groups in total. The Bertz CT molecular complexity index is 354. The van der Waals surface area contributed by atoms with Gasteiger partial charge < -0.3 is 15.6 Å². The van der Waals surface area contributed by atoms with Gasteiger partial charge in [-0.15, -0.1) is 0 Å². The number of benzene rings is 1. The van der Waals surface area contributed by atoms with Gasteiger partial charge in [0.2, 0.25) is 5.91 Å². The highest BCUT2D eigenvalue weighted by Crippen LogP contribution is 2.07. The first-order chi connectivity index (χ1) is 9.18. The van der Waals surface area contributed by atoms with Crippen LogP contribution in [0.4, 0.5) is 0 Å². The Labute approximate surface area is 114 Å². The van der Waals surface area contributed by atoms with Crippen molar-refractivity contribution in [2.45, 2.75) is 44.8 Å². The zero-order valence-electron chi connectivity index (χ0n) is 11.3. The predicted octanol–water partition coefficient (Wildman–Crippen LogP) is 2.00. The van der Waals surface area contributed by atoms with E-state index in [0.29, 0.717) is 32.5 Å². The third-order valence-corrected chi connectivity index (χ3v) is 2.92. The fraction of sp³-hybridized carbons (Fsp3) is 0.533. The molecule has 0 unspecified atom stereocenters. The fourth-order valence-corrected chi connectivity index (χ4v) is 1.81. The van der Waals surface area contributed by atoms with E-state index in [9.17, 15) is 9.90 Å². The molecule has 19 heavy (non-hydrogen) atoms. The Morgan fingerprint density at radius 1 is 1.21 bits per heavy atom. The van der Waals surface area contributed by atoms with Gasteiger partial charge in [-0.25, -0.2) is 0 Å². The summed E-state index contributed by atoms with van der Waals surface area (Å²) in [6, 6.07) is 9.96. The number of unbranched alkanes of at least 4 members (excludes halogenated alkanes) is 1. The van der Waals surface area contributed by atoms with Crippen molar-refractivity contribution in [3.8, 4) is 0 Å². The van der Waals surface area contributed by atoms with Crippen molar-refractivity contribution in [3.05, 3.63) is 35.9 Å². The van der Waals surface area contributed by atoms with Gasteiger partial charge in [0, 0.05) is 13.0 Å². The minimum absolute atomic E-state index is 0.277. The molecular weight excluding hydrogens is 242 g/mol. The number of amides is 1. The van der Waals surface area contributed by atoms with Crippen molar-refractivity contribution in [1.82, 2.24) is 0 Å². The largest absolute Gasteiger partial charge is 0.393 e. The van der Waals surface area contributed by atoms with Gasteiger partial charge in [-0.1, -0.05) is 36.8 Å². The molecule has 106 valence electrons. The first kappa shape index (κ1) is 15.7. The van der Waals surface area contributed by atoms with Crippen LogP contribution in [0.2, 0.25) is 0 Å². The first-order valence-electron chi connectivity index (χ1n) is 6.76. The SMILES string of the molecule is NC(=O)CCCC[C@@H](O)CCOCc1ccccc1. The predicted molar refractivity (Wildman–Crippen MR) is 74.4 cm³/mol. The summed E-state index contributed by atoms with van der Waals surface area (Å²) in [7, 11) is 0. The second-order valence-electron chi connectivity index (χ2n) is 4.69. The van der Waals surface area contributed by atoms with Crippen LogP contribution in [-0.2, 0) is 16.1 Å². The number of nitrogens with two attached hydrogens (primary N) is 1. The number of primary amides is 1. The highest BCUT2D eigenvalue weighted by molar-refractivity contribution is 5.73. The molecule has 1 atom stereocenters. The molecule has 1 rings (SSSR count). The monoisotopic (exact) mass is 265 g/mol. The molecule has 0 aliphatic heterocycles. The van der Waals surface area contributed by atoms with E-state index in [2.05, 4.69) is 0 Å². The summed E-state index contributed by atoms with van der Waals surface area (Å²) in [6.45, 7) is 1.13. The van der Waals surface area contributed by atoms with Gasteiger partial charge in [0.25, 0.3) is 0 Å². The van der Waals surface area contributed by atoms with Crippen LogP contribution < -0.4 is 5.73 Å². The van der Waals surface area contributed by atoms with E-state index in [0.717, 1.165) is 18.4 Å². The smallest absolute Gasteiger partial charge is 0.217 e. The number of rotatable bonds is 10. The minimum atomic E-state index is -0.358. The summed E-state index contributed by atoms with van der Waals surface area (Å²) in [4.78, 5) is 10.5. The molecule has 0 radical (unpaired) electrons. The second-order valence-corrected chi connectivity index (χ2v) is 4.69. The van der Waals surface area contributed by atoms with E-state index in [1.165, 1.54) is 0 Å². The van der Waals surface area contributed by atoms with Gasteiger partial charge in [0.1, 0.15) is 0 Å². The van der Waals surface area contributed by atoms with Gasteiger partial charge >= 0.3 is 0 Å². The Hall–Kier alpha value is -1.39. The molecule has 1 aromatic carbocycles. The summed E-state index contributed by atoms with van der Waals surface area (Å²) in [5, 5.41) is 9.72. The van der Waals surface area contributed by atoms with E-state index in [-0.39, 0.29) is 12.0 Å². The number of aliphatic hydroxyl groups excluding tert-OH is 1. The van der Waals surface area contributed by atoms with E-state index >= 15 is 0 Å². The van der Waals surface area contributed by atoms with Crippen LogP contribution in [-0.4, -0.2) is 23.7 Å². The zero-order valence-corrected chi connectivity index (χ0v) is 11.3. The maximum absolute atomic E-state index is 10.5. The number of aliphatic hydroxyl groups is 1. The van der Waals surface area contributed by atoms with Crippen molar-refractivity contribution in [2.75, 3.05) is 6.61 Å². The van der Waals surface area contributed by atoms with E-state index in [1.807, 2.05) is 30.3 Å². The lowest BCUT2D eigenvalue weighted by Crippen LogP contribution is -2.12. The average molecular weight is 265 g/mol. The quantitative estimate of drug-likeness (QED) is 0.635. The third kappa shape index (κ3) is 8.35. The molecule has 0 saturated heterocycles. The molecule has 4 nitrogen and oxygen atoms in total. The number of hydrogen-bond acceptors (Lipinski definition) is 3. The van der Waals surface area contributed by atoms with Crippen molar-refractivity contribution in [3.63, 3.8) is 0 Å². The lowest BCUT2D eigenvalue weighted by molar-refractivity contribution is -0.118. The average Bonchev–Trinajstić information content (AvgIpc) is 2.41. The molecule has 0 fully saturated rings. The molecule has 0 aliphatic carbocycles. The summed E-state index contributed by atoms with van der Waals surface area (Å²) in [5.74, 6) is -0.277. The molecule has 4 heteroatoms. The van der Waals surface area contributed by atoms with Gasteiger partial charge in [0.05, 0.1) is 12.7 Å². The van der Waals surface area contributed by atoms with Crippen LogP contribution in [0.5, 0.6) is 0 Å². The molecule has 1 aromatic rings. The van der Waals surface area contributed by atoms with E-state index in [1.54, 1.807) is 0 Å². The molecule has 0 spiro atoms. The van der Waals surface area contributed by atoms with Crippen LogP contribution in [0.3, 0.4) is 0 Å². The molecule has 0 aliphatic rings.